The Morgan fingerprint density at radius 3 is 2.25 bits per heavy atom. The first-order valence-corrected chi connectivity index (χ1v) is 6.68. The van der Waals surface area contributed by atoms with Gasteiger partial charge < -0.3 is 14.2 Å². The summed E-state index contributed by atoms with van der Waals surface area (Å²) in [6.45, 7) is 7.93. The minimum Gasteiger partial charge on any atom is -0.399 e. The molecule has 108 valence electrons. The van der Waals surface area contributed by atoms with Gasteiger partial charge in [-0.3, -0.25) is 9.78 Å². The lowest BCUT2D eigenvalue weighted by Crippen LogP contribution is -2.41. The van der Waals surface area contributed by atoms with Gasteiger partial charge in [-0.05, 0) is 33.8 Å². The van der Waals surface area contributed by atoms with E-state index in [2.05, 4.69) is 4.98 Å². The summed E-state index contributed by atoms with van der Waals surface area (Å²) in [4.78, 5) is 17.9. The summed E-state index contributed by atoms with van der Waals surface area (Å²) in [7, 11) is 2.82. The first-order valence-electron chi connectivity index (χ1n) is 6.68. The number of aromatic nitrogens is 1. The van der Waals surface area contributed by atoms with Gasteiger partial charge >= 0.3 is 7.12 Å². The third-order valence-corrected chi connectivity index (χ3v) is 3.95. The van der Waals surface area contributed by atoms with E-state index in [0.29, 0.717) is 11.2 Å². The Morgan fingerprint density at radius 2 is 1.75 bits per heavy atom. The van der Waals surface area contributed by atoms with Crippen molar-refractivity contribution in [1.29, 1.82) is 0 Å². The Labute approximate surface area is 120 Å². The third kappa shape index (κ3) is 2.45. The lowest BCUT2D eigenvalue weighted by molar-refractivity contribution is 0.00578. The molecule has 20 heavy (non-hydrogen) atoms. The maximum atomic E-state index is 12.2. The molecule has 1 saturated heterocycles. The molecule has 0 saturated carbocycles. The summed E-state index contributed by atoms with van der Waals surface area (Å²) >= 11 is 0. The van der Waals surface area contributed by atoms with Crippen LogP contribution in [-0.4, -0.2) is 48.2 Å². The molecule has 0 aromatic carbocycles. The molecule has 0 N–H and O–H groups in total. The van der Waals surface area contributed by atoms with Gasteiger partial charge in [0.1, 0.15) is 5.69 Å². The van der Waals surface area contributed by atoms with Crippen LogP contribution in [0.15, 0.2) is 18.3 Å². The van der Waals surface area contributed by atoms with Crippen molar-refractivity contribution < 1.29 is 14.1 Å². The Balaban J connectivity index is 2.39. The van der Waals surface area contributed by atoms with Crippen molar-refractivity contribution in [3.63, 3.8) is 0 Å². The highest BCUT2D eigenvalue weighted by Gasteiger charge is 2.52. The molecule has 0 unspecified atom stereocenters. The molecule has 0 bridgehead atoms. The monoisotopic (exact) mass is 276 g/mol. The number of pyridine rings is 1. The number of carbonyl (C=O) groups excluding carboxylic acids is 1. The largest absolute Gasteiger partial charge is 0.497 e. The van der Waals surface area contributed by atoms with Crippen LogP contribution in [0.25, 0.3) is 0 Å². The second-order valence-corrected chi connectivity index (χ2v) is 6.23. The molecule has 1 aromatic heterocycles. The molecule has 0 aliphatic carbocycles. The quantitative estimate of drug-likeness (QED) is 0.758. The summed E-state index contributed by atoms with van der Waals surface area (Å²) in [5, 5.41) is 0. The molecular formula is C14H21BN2O3. The number of carbonyl (C=O) groups is 1. The molecule has 2 rings (SSSR count). The van der Waals surface area contributed by atoms with Gasteiger partial charge in [-0.1, -0.05) is 6.07 Å². The average Bonchev–Trinajstić information content (AvgIpc) is 2.57. The molecular weight excluding hydrogens is 255 g/mol. The smallest absolute Gasteiger partial charge is 0.399 e. The predicted octanol–water partition coefficient (Wildman–Crippen LogP) is 1.08. The Bertz CT molecular complexity index is 513. The molecule has 1 aliphatic rings. The van der Waals surface area contributed by atoms with E-state index in [1.807, 2.05) is 33.8 Å². The molecule has 1 aliphatic heterocycles. The second kappa shape index (κ2) is 4.86. The lowest BCUT2D eigenvalue weighted by atomic mass is 9.77. The van der Waals surface area contributed by atoms with E-state index in [1.54, 1.807) is 26.4 Å². The maximum Gasteiger partial charge on any atom is 0.497 e. The van der Waals surface area contributed by atoms with E-state index in [-0.39, 0.29) is 5.91 Å². The topological polar surface area (TPSA) is 51.7 Å². The average molecular weight is 276 g/mol. The first-order chi connectivity index (χ1) is 9.16. The van der Waals surface area contributed by atoms with Crippen LogP contribution in [-0.2, 0) is 9.31 Å². The van der Waals surface area contributed by atoms with E-state index in [0.717, 1.165) is 0 Å². The molecule has 1 aromatic rings. The van der Waals surface area contributed by atoms with Crippen LogP contribution in [0.3, 0.4) is 0 Å². The van der Waals surface area contributed by atoms with Crippen LogP contribution in [0.4, 0.5) is 0 Å². The van der Waals surface area contributed by atoms with Crippen LogP contribution in [0, 0.1) is 0 Å². The van der Waals surface area contributed by atoms with E-state index in [9.17, 15) is 4.79 Å². The lowest BCUT2D eigenvalue weighted by Gasteiger charge is -2.32. The van der Waals surface area contributed by atoms with Crippen molar-refractivity contribution in [2.75, 3.05) is 14.1 Å². The van der Waals surface area contributed by atoms with Crippen molar-refractivity contribution in [2.45, 2.75) is 38.9 Å². The van der Waals surface area contributed by atoms with E-state index in [1.165, 1.54) is 4.90 Å². The van der Waals surface area contributed by atoms with Gasteiger partial charge in [0.05, 0.1) is 11.2 Å². The molecule has 0 spiro atoms. The number of rotatable bonds is 2. The van der Waals surface area contributed by atoms with E-state index >= 15 is 0 Å². The minimum absolute atomic E-state index is 0.157. The summed E-state index contributed by atoms with van der Waals surface area (Å²) < 4.78 is 12.0. The highest BCUT2D eigenvalue weighted by atomic mass is 16.7. The summed E-state index contributed by atoms with van der Waals surface area (Å²) in [5.74, 6) is -0.157. The van der Waals surface area contributed by atoms with E-state index in [4.69, 9.17) is 9.31 Å². The second-order valence-electron chi connectivity index (χ2n) is 6.23. The van der Waals surface area contributed by atoms with Crippen LogP contribution >= 0.6 is 0 Å². The molecule has 1 amide bonds. The number of nitrogens with zero attached hydrogens (tertiary/aromatic N) is 2. The zero-order chi connectivity index (χ0) is 15.1. The molecule has 0 atom stereocenters. The van der Waals surface area contributed by atoms with Gasteiger partial charge in [0.15, 0.2) is 0 Å². The number of amides is 1. The van der Waals surface area contributed by atoms with Crippen molar-refractivity contribution >= 4 is 18.5 Å². The Hall–Kier alpha value is -1.40. The van der Waals surface area contributed by atoms with Crippen molar-refractivity contribution in [2.24, 2.45) is 0 Å². The Kier molecular flexibility index (Phi) is 3.65. The highest BCUT2D eigenvalue weighted by molar-refractivity contribution is 6.63. The summed E-state index contributed by atoms with van der Waals surface area (Å²) in [6.07, 6.45) is 1.60. The fraction of sp³-hybridized carbons (Fsp3) is 0.571. The van der Waals surface area contributed by atoms with Gasteiger partial charge in [-0.25, -0.2) is 0 Å². The summed E-state index contributed by atoms with van der Waals surface area (Å²) in [6, 6.07) is 3.61. The SMILES string of the molecule is CN(C)C(=O)c1ncccc1B1OC(C)(C)C(C)(C)O1. The zero-order valence-electron chi connectivity index (χ0n) is 12.9. The highest BCUT2D eigenvalue weighted by Crippen LogP contribution is 2.36. The maximum absolute atomic E-state index is 12.2. The van der Waals surface area contributed by atoms with Gasteiger partial charge in [0, 0.05) is 25.8 Å². The third-order valence-electron chi connectivity index (χ3n) is 3.95. The van der Waals surface area contributed by atoms with Gasteiger partial charge in [-0.2, -0.15) is 0 Å². The van der Waals surface area contributed by atoms with Crippen LogP contribution in [0.5, 0.6) is 0 Å². The van der Waals surface area contributed by atoms with Crippen molar-refractivity contribution in [3.8, 4) is 0 Å². The molecule has 0 radical (unpaired) electrons. The molecule has 6 heteroatoms. The van der Waals surface area contributed by atoms with Crippen molar-refractivity contribution in [1.82, 2.24) is 9.88 Å². The minimum atomic E-state index is -0.576. The predicted molar refractivity (Wildman–Crippen MR) is 78.0 cm³/mol. The number of hydrogen-bond acceptors (Lipinski definition) is 4. The Morgan fingerprint density at radius 1 is 1.20 bits per heavy atom. The number of hydrogen-bond donors (Lipinski definition) is 0. The zero-order valence-corrected chi connectivity index (χ0v) is 12.9. The fourth-order valence-corrected chi connectivity index (χ4v) is 1.97. The molecule has 5 nitrogen and oxygen atoms in total. The van der Waals surface area contributed by atoms with Gasteiger partial charge in [0.2, 0.25) is 0 Å². The van der Waals surface area contributed by atoms with Crippen LogP contribution < -0.4 is 5.46 Å². The van der Waals surface area contributed by atoms with Gasteiger partial charge in [-0.15, -0.1) is 0 Å². The fourth-order valence-electron chi connectivity index (χ4n) is 1.97. The van der Waals surface area contributed by atoms with Crippen LogP contribution in [0.1, 0.15) is 38.2 Å². The van der Waals surface area contributed by atoms with Gasteiger partial charge in [0.25, 0.3) is 5.91 Å². The standard InChI is InChI=1S/C14H21BN2O3/c1-13(2)14(3,4)20-15(19-13)10-8-7-9-16-11(10)12(18)17(5)6/h7-9H,1-6H3. The van der Waals surface area contributed by atoms with Crippen LogP contribution in [0.2, 0.25) is 0 Å². The summed E-state index contributed by atoms with van der Waals surface area (Å²) in [5.41, 5.74) is 0.165. The molecule has 1 fully saturated rings. The van der Waals surface area contributed by atoms with E-state index < -0.39 is 18.3 Å². The normalized spacial score (nSPS) is 20.0. The first kappa shape index (κ1) is 15.0. The van der Waals surface area contributed by atoms with Crippen molar-refractivity contribution in [3.05, 3.63) is 24.0 Å². The molecule has 2 heterocycles.